The molecule has 0 atom stereocenters. The number of carbonyl (C=O) groups is 1. The number of aromatic nitrogens is 1. The molecule has 192 valence electrons. The summed E-state index contributed by atoms with van der Waals surface area (Å²) in [6, 6.07) is 16.7. The summed E-state index contributed by atoms with van der Waals surface area (Å²) in [6.07, 6.45) is -8.09. The van der Waals surface area contributed by atoms with Crippen LogP contribution in [0.15, 0.2) is 79.0 Å². The summed E-state index contributed by atoms with van der Waals surface area (Å²) in [5.41, 5.74) is 2.58. The van der Waals surface area contributed by atoms with Crippen molar-refractivity contribution >= 4 is 22.6 Å². The number of pyridine rings is 1. The molecule has 0 aliphatic carbocycles. The molecule has 0 aliphatic heterocycles. The highest BCUT2D eigenvalue weighted by atomic mass is 19.4. The maximum atomic E-state index is 12.5. The second kappa shape index (κ2) is 10.2. The predicted octanol–water partition coefficient (Wildman–Crippen LogP) is 7.02. The Labute approximate surface area is 205 Å². The summed E-state index contributed by atoms with van der Waals surface area (Å²) < 4.78 is 82.0. The van der Waals surface area contributed by atoms with E-state index >= 15 is 0 Å². The number of urea groups is 1. The lowest BCUT2D eigenvalue weighted by Crippen LogP contribution is -2.28. The molecule has 0 bridgehead atoms. The third-order valence-corrected chi connectivity index (χ3v) is 4.95. The summed E-state index contributed by atoms with van der Waals surface area (Å²) in [5, 5.41) is 5.91. The van der Waals surface area contributed by atoms with Gasteiger partial charge in [-0.25, -0.2) is 4.79 Å². The highest BCUT2D eigenvalue weighted by Crippen LogP contribution is 2.30. The maximum absolute atomic E-state index is 12.5. The molecule has 2 N–H and O–H groups in total. The Balaban J connectivity index is 1.38. The van der Waals surface area contributed by atoms with Gasteiger partial charge in [0, 0.05) is 29.4 Å². The largest absolute Gasteiger partial charge is 0.573 e. The van der Waals surface area contributed by atoms with E-state index in [0.717, 1.165) is 12.1 Å². The van der Waals surface area contributed by atoms with Gasteiger partial charge in [0.1, 0.15) is 11.5 Å². The Hall–Kier alpha value is -4.48. The van der Waals surface area contributed by atoms with Gasteiger partial charge in [0.2, 0.25) is 0 Å². The third-order valence-electron chi connectivity index (χ3n) is 4.95. The van der Waals surface area contributed by atoms with E-state index in [1.807, 2.05) is 0 Å². The predicted molar refractivity (Wildman–Crippen MR) is 123 cm³/mol. The molecule has 3 aromatic carbocycles. The molecule has 2 amide bonds. The monoisotopic (exact) mass is 521 g/mol. The van der Waals surface area contributed by atoms with Crippen molar-refractivity contribution in [1.29, 1.82) is 0 Å². The number of alkyl halides is 6. The lowest BCUT2D eigenvalue weighted by molar-refractivity contribution is -0.275. The van der Waals surface area contributed by atoms with Crippen molar-refractivity contribution in [1.82, 2.24) is 10.3 Å². The summed E-state index contributed by atoms with van der Waals surface area (Å²) in [5.74, 6) is -0.712. The number of anilines is 1. The van der Waals surface area contributed by atoms with E-state index < -0.39 is 18.8 Å². The van der Waals surface area contributed by atoms with Crippen LogP contribution in [0.2, 0.25) is 0 Å². The number of benzene rings is 3. The van der Waals surface area contributed by atoms with Crippen molar-refractivity contribution < 1.29 is 40.6 Å². The summed E-state index contributed by atoms with van der Waals surface area (Å²) in [4.78, 5) is 16.6. The fourth-order valence-corrected chi connectivity index (χ4v) is 3.40. The molecule has 0 aliphatic rings. The van der Waals surface area contributed by atoms with Crippen molar-refractivity contribution in [3.8, 4) is 22.6 Å². The lowest BCUT2D eigenvalue weighted by Gasteiger charge is -2.11. The minimum absolute atomic E-state index is 0.0600. The van der Waals surface area contributed by atoms with Gasteiger partial charge < -0.3 is 20.1 Å². The number of amides is 2. The molecule has 12 heteroatoms. The maximum Gasteiger partial charge on any atom is 0.573 e. The fourth-order valence-electron chi connectivity index (χ4n) is 3.40. The highest BCUT2D eigenvalue weighted by molar-refractivity contribution is 5.93. The first-order valence-electron chi connectivity index (χ1n) is 10.6. The molecular weight excluding hydrogens is 504 g/mol. The van der Waals surface area contributed by atoms with Crippen molar-refractivity contribution in [2.75, 3.05) is 5.32 Å². The molecule has 0 fully saturated rings. The van der Waals surface area contributed by atoms with Crippen LogP contribution < -0.4 is 20.1 Å². The molecule has 6 nitrogen and oxygen atoms in total. The second-order valence-electron chi connectivity index (χ2n) is 7.71. The summed E-state index contributed by atoms with van der Waals surface area (Å²) in [6.45, 7) is 0.0600. The van der Waals surface area contributed by atoms with Gasteiger partial charge >= 0.3 is 18.8 Å². The van der Waals surface area contributed by atoms with E-state index in [2.05, 4.69) is 25.1 Å². The highest BCUT2D eigenvalue weighted by Gasteiger charge is 2.31. The van der Waals surface area contributed by atoms with Gasteiger partial charge in [0.05, 0.1) is 5.52 Å². The van der Waals surface area contributed by atoms with E-state index in [1.54, 1.807) is 30.3 Å². The second-order valence-corrected chi connectivity index (χ2v) is 7.71. The SMILES string of the molecule is O=C(NCc1ccc(OC(F)(F)F)cc1)Nc1ccc2cc(-c3cccc(OC(F)(F)F)c3)cnc2c1. The minimum atomic E-state index is -4.80. The molecule has 37 heavy (non-hydrogen) atoms. The smallest absolute Gasteiger partial charge is 0.406 e. The number of nitrogens with one attached hydrogen (secondary N) is 2. The van der Waals surface area contributed by atoms with Crippen LogP contribution in [0, 0.1) is 0 Å². The quantitative estimate of drug-likeness (QED) is 0.268. The van der Waals surface area contributed by atoms with Gasteiger partial charge in [0.25, 0.3) is 0 Å². The van der Waals surface area contributed by atoms with Crippen molar-refractivity contribution in [3.63, 3.8) is 0 Å². The summed E-state index contributed by atoms with van der Waals surface area (Å²) >= 11 is 0. The van der Waals surface area contributed by atoms with Crippen LogP contribution in [0.1, 0.15) is 5.56 Å². The molecule has 0 radical (unpaired) electrons. The lowest BCUT2D eigenvalue weighted by atomic mass is 10.0. The Morgan fingerprint density at radius 3 is 2.19 bits per heavy atom. The van der Waals surface area contributed by atoms with E-state index in [1.165, 1.54) is 36.5 Å². The molecule has 0 unspecified atom stereocenters. The third kappa shape index (κ3) is 7.50. The molecular formula is C25H17F6N3O3. The van der Waals surface area contributed by atoms with Crippen molar-refractivity contribution in [2.45, 2.75) is 19.3 Å². The molecule has 4 aromatic rings. The number of carbonyl (C=O) groups excluding carboxylic acids is 1. The van der Waals surface area contributed by atoms with Gasteiger partial charge in [-0.1, -0.05) is 30.3 Å². The molecule has 0 saturated heterocycles. The van der Waals surface area contributed by atoms with Gasteiger partial charge in [-0.15, -0.1) is 26.3 Å². The molecule has 0 saturated carbocycles. The number of nitrogens with zero attached hydrogens (tertiary/aromatic N) is 1. The van der Waals surface area contributed by atoms with E-state index in [9.17, 15) is 31.1 Å². The molecule has 0 spiro atoms. The number of rotatable bonds is 6. The number of hydrogen-bond donors (Lipinski definition) is 2. The number of fused-ring (bicyclic) bond motifs is 1. The molecule has 1 heterocycles. The fraction of sp³-hybridized carbons (Fsp3) is 0.120. The molecule has 4 rings (SSSR count). The van der Waals surface area contributed by atoms with Gasteiger partial charge in [0.15, 0.2) is 0 Å². The standard InChI is InChI=1S/C25H17F6N3O3/c26-24(27,28)36-20-8-4-15(5-9-20)13-33-23(35)34-19-7-6-17-10-18(14-32-22(17)12-19)16-2-1-3-21(11-16)37-25(29,30)31/h1-12,14H,13H2,(H2,33,34,35). The normalized spacial score (nSPS) is 11.7. The number of hydrogen-bond acceptors (Lipinski definition) is 4. The average molecular weight is 521 g/mol. The van der Waals surface area contributed by atoms with Crippen molar-refractivity contribution in [2.24, 2.45) is 0 Å². The van der Waals surface area contributed by atoms with E-state index in [4.69, 9.17) is 0 Å². The zero-order valence-electron chi connectivity index (χ0n) is 18.7. The van der Waals surface area contributed by atoms with Gasteiger partial charge in [-0.3, -0.25) is 4.98 Å². The minimum Gasteiger partial charge on any atom is -0.406 e. The Morgan fingerprint density at radius 2 is 1.49 bits per heavy atom. The van der Waals surface area contributed by atoms with Gasteiger partial charge in [-0.05, 0) is 53.6 Å². The zero-order valence-corrected chi connectivity index (χ0v) is 18.7. The van der Waals surface area contributed by atoms with E-state index in [-0.39, 0.29) is 18.0 Å². The van der Waals surface area contributed by atoms with Crippen LogP contribution in [0.25, 0.3) is 22.0 Å². The van der Waals surface area contributed by atoms with Crippen LogP contribution in [-0.2, 0) is 6.54 Å². The van der Waals surface area contributed by atoms with Crippen LogP contribution in [0.4, 0.5) is 36.8 Å². The first-order chi connectivity index (χ1) is 17.4. The Bertz CT molecular complexity index is 1410. The van der Waals surface area contributed by atoms with Gasteiger partial charge in [-0.2, -0.15) is 0 Å². The first-order valence-corrected chi connectivity index (χ1v) is 10.6. The zero-order chi connectivity index (χ0) is 26.6. The molecule has 1 aromatic heterocycles. The summed E-state index contributed by atoms with van der Waals surface area (Å²) in [7, 11) is 0. The number of halogens is 6. The van der Waals surface area contributed by atoms with Crippen LogP contribution >= 0.6 is 0 Å². The first kappa shape index (κ1) is 25.6. The Morgan fingerprint density at radius 1 is 0.784 bits per heavy atom. The Kier molecular flexibility index (Phi) is 7.09. The van der Waals surface area contributed by atoms with Crippen LogP contribution in [-0.4, -0.2) is 23.7 Å². The van der Waals surface area contributed by atoms with Crippen molar-refractivity contribution in [3.05, 3.63) is 84.6 Å². The van der Waals surface area contributed by atoms with E-state index in [0.29, 0.717) is 33.3 Å². The van der Waals surface area contributed by atoms with Crippen LogP contribution in [0.5, 0.6) is 11.5 Å². The number of ether oxygens (including phenoxy) is 2. The van der Waals surface area contributed by atoms with Crippen LogP contribution in [0.3, 0.4) is 0 Å². The topological polar surface area (TPSA) is 72.5 Å². The average Bonchev–Trinajstić information content (AvgIpc) is 2.81.